The topological polar surface area (TPSA) is 102 Å². The average molecular weight is 361 g/mol. The lowest BCUT2D eigenvalue weighted by molar-refractivity contribution is -0.134. The molecule has 1 aliphatic heterocycles. The summed E-state index contributed by atoms with van der Waals surface area (Å²) in [5.41, 5.74) is -0.359. The van der Waals surface area contributed by atoms with Gasteiger partial charge in [-0.25, -0.2) is 4.79 Å². The normalized spacial score (nSPS) is 18.8. The molecule has 2 N–H and O–H groups in total. The Balaban J connectivity index is 1.71. The highest BCUT2D eigenvalue weighted by molar-refractivity contribution is 6.31. The van der Waals surface area contributed by atoms with Crippen molar-refractivity contribution in [1.29, 1.82) is 5.26 Å². The molecule has 2 aliphatic rings. The van der Waals surface area contributed by atoms with Gasteiger partial charge in [0.25, 0.3) is 5.91 Å². The van der Waals surface area contributed by atoms with Gasteiger partial charge in [-0.15, -0.1) is 0 Å². The first-order chi connectivity index (χ1) is 11.9. The summed E-state index contributed by atoms with van der Waals surface area (Å²) in [7, 11) is 0. The zero-order valence-electron chi connectivity index (χ0n) is 13.5. The van der Waals surface area contributed by atoms with Gasteiger partial charge in [-0.05, 0) is 31.0 Å². The van der Waals surface area contributed by atoms with Crippen LogP contribution in [0.5, 0.6) is 0 Å². The highest BCUT2D eigenvalue weighted by Crippen LogP contribution is 2.33. The van der Waals surface area contributed by atoms with Crippen molar-refractivity contribution >= 4 is 35.1 Å². The van der Waals surface area contributed by atoms with Crippen molar-refractivity contribution in [2.45, 2.75) is 37.6 Å². The lowest BCUT2D eigenvalue weighted by atomic mass is 9.82. The van der Waals surface area contributed by atoms with Gasteiger partial charge in [0.2, 0.25) is 5.91 Å². The van der Waals surface area contributed by atoms with Crippen LogP contribution in [-0.4, -0.2) is 34.8 Å². The summed E-state index contributed by atoms with van der Waals surface area (Å²) < 4.78 is 0. The van der Waals surface area contributed by atoms with Crippen molar-refractivity contribution < 1.29 is 14.4 Å². The lowest BCUT2D eigenvalue weighted by Crippen LogP contribution is -2.48. The van der Waals surface area contributed by atoms with Crippen LogP contribution in [0.2, 0.25) is 5.02 Å². The molecule has 1 saturated carbocycles. The molecule has 1 aromatic rings. The third kappa shape index (κ3) is 3.30. The number of nitrogens with zero attached hydrogens (tertiary/aromatic N) is 2. The van der Waals surface area contributed by atoms with E-state index < -0.39 is 24.0 Å². The Hall–Kier alpha value is -2.59. The minimum absolute atomic E-state index is 0.249. The van der Waals surface area contributed by atoms with Gasteiger partial charge in [-0.3, -0.25) is 14.5 Å². The number of amides is 4. The maximum atomic E-state index is 12.6. The number of carbonyl (C=O) groups is 3. The summed E-state index contributed by atoms with van der Waals surface area (Å²) in [5.74, 6) is -0.908. The number of halogens is 1. The van der Waals surface area contributed by atoms with E-state index in [1.165, 1.54) is 12.1 Å². The highest BCUT2D eigenvalue weighted by atomic mass is 35.5. The summed E-state index contributed by atoms with van der Waals surface area (Å²) in [4.78, 5) is 38.0. The van der Waals surface area contributed by atoms with E-state index in [1.54, 1.807) is 6.07 Å². The van der Waals surface area contributed by atoms with Crippen molar-refractivity contribution in [3.05, 3.63) is 28.8 Å². The SMILES string of the molecule is N#Cc1ccc(Cl)cc1NC(=O)CN1C(=O)NC2(CCCCC2)C1=O. The summed E-state index contributed by atoms with van der Waals surface area (Å²) in [5, 5.41) is 14.7. The van der Waals surface area contributed by atoms with E-state index in [0.717, 1.165) is 24.2 Å². The largest absolute Gasteiger partial charge is 0.325 e. The molecule has 1 saturated heterocycles. The number of imide groups is 1. The number of hydrogen-bond donors (Lipinski definition) is 2. The molecule has 0 radical (unpaired) electrons. The Labute approximate surface area is 149 Å². The number of benzene rings is 1. The van der Waals surface area contributed by atoms with E-state index in [9.17, 15) is 14.4 Å². The minimum atomic E-state index is -0.858. The summed E-state index contributed by atoms with van der Waals surface area (Å²) in [6, 6.07) is 5.89. The fraction of sp³-hybridized carbons (Fsp3) is 0.412. The minimum Gasteiger partial charge on any atom is -0.323 e. The second-order valence-corrected chi connectivity index (χ2v) is 6.75. The average Bonchev–Trinajstić information content (AvgIpc) is 2.80. The summed E-state index contributed by atoms with van der Waals surface area (Å²) >= 11 is 5.88. The summed E-state index contributed by atoms with van der Waals surface area (Å²) in [6.07, 6.45) is 3.99. The quantitative estimate of drug-likeness (QED) is 0.808. The Morgan fingerprint density at radius 1 is 1.32 bits per heavy atom. The number of urea groups is 1. The first-order valence-corrected chi connectivity index (χ1v) is 8.47. The Kier molecular flexibility index (Phi) is 4.64. The molecule has 0 aromatic heterocycles. The fourth-order valence-corrected chi connectivity index (χ4v) is 3.54. The van der Waals surface area contributed by atoms with Crippen LogP contribution in [0.1, 0.15) is 37.7 Å². The Morgan fingerprint density at radius 2 is 2.04 bits per heavy atom. The first-order valence-electron chi connectivity index (χ1n) is 8.09. The molecule has 2 fully saturated rings. The molecule has 1 heterocycles. The number of carbonyl (C=O) groups excluding carboxylic acids is 3. The smallest absolute Gasteiger partial charge is 0.323 e. The van der Waals surface area contributed by atoms with Crippen LogP contribution < -0.4 is 10.6 Å². The van der Waals surface area contributed by atoms with Crippen LogP contribution in [0, 0.1) is 11.3 Å². The molecule has 3 rings (SSSR count). The Morgan fingerprint density at radius 3 is 2.72 bits per heavy atom. The van der Waals surface area contributed by atoms with E-state index in [2.05, 4.69) is 10.6 Å². The van der Waals surface area contributed by atoms with Crippen LogP contribution in [0.3, 0.4) is 0 Å². The predicted octanol–water partition coefficient (Wildman–Crippen LogP) is 2.40. The van der Waals surface area contributed by atoms with Crippen molar-refractivity contribution in [3.63, 3.8) is 0 Å². The molecule has 25 heavy (non-hydrogen) atoms. The molecular weight excluding hydrogens is 344 g/mol. The third-order valence-electron chi connectivity index (χ3n) is 4.63. The van der Waals surface area contributed by atoms with Crippen LogP contribution in [0.4, 0.5) is 10.5 Å². The van der Waals surface area contributed by atoms with Gasteiger partial charge in [-0.2, -0.15) is 5.26 Å². The number of rotatable bonds is 3. The number of nitrogens with one attached hydrogen (secondary N) is 2. The number of nitriles is 1. The Bertz CT molecular complexity index is 781. The third-order valence-corrected chi connectivity index (χ3v) is 4.87. The van der Waals surface area contributed by atoms with E-state index in [4.69, 9.17) is 16.9 Å². The molecule has 1 aliphatic carbocycles. The molecule has 0 bridgehead atoms. The van der Waals surface area contributed by atoms with Crippen molar-refractivity contribution in [1.82, 2.24) is 10.2 Å². The highest BCUT2D eigenvalue weighted by Gasteiger charge is 2.51. The second-order valence-electron chi connectivity index (χ2n) is 6.31. The number of anilines is 1. The van der Waals surface area contributed by atoms with Gasteiger partial charge >= 0.3 is 6.03 Å². The maximum Gasteiger partial charge on any atom is 0.325 e. The zero-order chi connectivity index (χ0) is 18.0. The molecule has 1 spiro atoms. The fourth-order valence-electron chi connectivity index (χ4n) is 3.36. The molecule has 0 atom stereocenters. The van der Waals surface area contributed by atoms with E-state index in [-0.39, 0.29) is 17.2 Å². The molecule has 0 unspecified atom stereocenters. The monoisotopic (exact) mass is 360 g/mol. The van der Waals surface area contributed by atoms with Crippen molar-refractivity contribution in [3.8, 4) is 6.07 Å². The molecule has 8 heteroatoms. The van der Waals surface area contributed by atoms with Crippen LogP contribution >= 0.6 is 11.6 Å². The van der Waals surface area contributed by atoms with Crippen molar-refractivity contribution in [2.24, 2.45) is 0 Å². The van der Waals surface area contributed by atoms with Crippen molar-refractivity contribution in [2.75, 3.05) is 11.9 Å². The molecule has 1 aromatic carbocycles. The van der Waals surface area contributed by atoms with Crippen LogP contribution in [0.25, 0.3) is 0 Å². The van der Waals surface area contributed by atoms with Gasteiger partial charge < -0.3 is 10.6 Å². The van der Waals surface area contributed by atoms with Crippen LogP contribution in [-0.2, 0) is 9.59 Å². The second kappa shape index (κ2) is 6.73. The van der Waals surface area contributed by atoms with Gasteiger partial charge in [-0.1, -0.05) is 30.9 Å². The lowest BCUT2D eigenvalue weighted by Gasteiger charge is -2.30. The first kappa shape index (κ1) is 17.2. The zero-order valence-corrected chi connectivity index (χ0v) is 14.2. The van der Waals surface area contributed by atoms with E-state index in [1.807, 2.05) is 6.07 Å². The van der Waals surface area contributed by atoms with Gasteiger partial charge in [0.1, 0.15) is 18.2 Å². The van der Waals surface area contributed by atoms with Gasteiger partial charge in [0, 0.05) is 5.02 Å². The molecule has 4 amide bonds. The number of hydrogen-bond acceptors (Lipinski definition) is 4. The van der Waals surface area contributed by atoms with Crippen LogP contribution in [0.15, 0.2) is 18.2 Å². The molecule has 130 valence electrons. The summed E-state index contributed by atoms with van der Waals surface area (Å²) in [6.45, 7) is -0.399. The maximum absolute atomic E-state index is 12.6. The van der Waals surface area contributed by atoms with Gasteiger partial charge in [0.15, 0.2) is 0 Å². The van der Waals surface area contributed by atoms with E-state index >= 15 is 0 Å². The van der Waals surface area contributed by atoms with E-state index in [0.29, 0.717) is 17.9 Å². The molecule has 7 nitrogen and oxygen atoms in total. The molecular formula is C17H17ClN4O3. The standard InChI is InChI=1S/C17H17ClN4O3/c18-12-5-4-11(9-19)13(8-12)20-14(23)10-22-15(24)17(21-16(22)25)6-2-1-3-7-17/h4-5,8H,1-3,6-7,10H2,(H,20,23)(H,21,25). The predicted molar refractivity (Wildman–Crippen MR) is 90.9 cm³/mol. The van der Waals surface area contributed by atoms with Gasteiger partial charge in [0.05, 0.1) is 11.3 Å².